The molecule has 0 saturated heterocycles. The summed E-state index contributed by atoms with van der Waals surface area (Å²) in [6, 6.07) is 6.51. The topological polar surface area (TPSA) is 38.1 Å². The molecule has 1 aromatic carbocycles. The average Bonchev–Trinajstić information content (AvgIpc) is 2.75. The van der Waals surface area contributed by atoms with E-state index in [9.17, 15) is 4.39 Å². The number of nitrogens with one attached hydrogen (secondary N) is 1. The Kier molecular flexibility index (Phi) is 3.31. The second kappa shape index (κ2) is 4.90. The summed E-state index contributed by atoms with van der Waals surface area (Å²) in [5.41, 5.74) is 0.450. The molecule has 4 heteroatoms. The lowest BCUT2D eigenvalue weighted by Gasteiger charge is -1.97. The number of oxazole rings is 1. The lowest BCUT2D eigenvalue weighted by Crippen LogP contribution is -2.10. The molecule has 0 aliphatic carbocycles. The maximum absolute atomic E-state index is 13.4. The Morgan fingerprint density at radius 1 is 1.38 bits per heavy atom. The van der Waals surface area contributed by atoms with E-state index in [4.69, 9.17) is 4.42 Å². The largest absolute Gasteiger partial charge is 0.441 e. The van der Waals surface area contributed by atoms with Crippen LogP contribution in [0.4, 0.5) is 4.39 Å². The third-order valence-electron chi connectivity index (χ3n) is 2.28. The van der Waals surface area contributed by atoms with E-state index in [0.29, 0.717) is 23.6 Å². The highest BCUT2D eigenvalue weighted by atomic mass is 19.1. The molecule has 0 spiro atoms. The zero-order valence-corrected chi connectivity index (χ0v) is 9.03. The molecule has 2 rings (SSSR count). The third kappa shape index (κ3) is 2.28. The maximum Gasteiger partial charge on any atom is 0.196 e. The first-order valence-electron chi connectivity index (χ1n) is 5.15. The monoisotopic (exact) mass is 220 g/mol. The van der Waals surface area contributed by atoms with E-state index in [1.807, 2.05) is 7.05 Å². The van der Waals surface area contributed by atoms with Crippen molar-refractivity contribution in [2.75, 3.05) is 13.6 Å². The number of nitrogens with zero attached hydrogens (tertiary/aromatic N) is 1. The van der Waals surface area contributed by atoms with Gasteiger partial charge in [-0.15, -0.1) is 0 Å². The van der Waals surface area contributed by atoms with Gasteiger partial charge < -0.3 is 9.73 Å². The highest BCUT2D eigenvalue weighted by Gasteiger charge is 2.09. The first-order valence-corrected chi connectivity index (χ1v) is 5.15. The van der Waals surface area contributed by atoms with Crippen molar-refractivity contribution >= 4 is 0 Å². The fraction of sp³-hybridized carbons (Fsp3) is 0.250. The number of rotatable bonds is 4. The second-order valence-electron chi connectivity index (χ2n) is 3.45. The number of likely N-dealkylation sites (N-methyl/N-ethyl adjacent to an activating group) is 1. The highest BCUT2D eigenvalue weighted by Crippen LogP contribution is 2.23. The minimum absolute atomic E-state index is 0.293. The van der Waals surface area contributed by atoms with Gasteiger partial charge in [-0.25, -0.2) is 9.37 Å². The van der Waals surface area contributed by atoms with E-state index in [1.165, 1.54) is 6.07 Å². The predicted molar refractivity (Wildman–Crippen MR) is 59.5 cm³/mol. The number of aromatic nitrogens is 1. The molecule has 1 N–H and O–H groups in total. The van der Waals surface area contributed by atoms with Crippen LogP contribution >= 0.6 is 0 Å². The minimum Gasteiger partial charge on any atom is -0.441 e. The molecule has 0 aliphatic heterocycles. The van der Waals surface area contributed by atoms with Gasteiger partial charge in [-0.05, 0) is 19.2 Å². The fourth-order valence-electron chi connectivity index (χ4n) is 1.44. The molecule has 84 valence electrons. The van der Waals surface area contributed by atoms with Crippen LogP contribution in [0.5, 0.6) is 0 Å². The van der Waals surface area contributed by atoms with Crippen LogP contribution in [-0.4, -0.2) is 18.6 Å². The first-order chi connectivity index (χ1) is 7.81. The van der Waals surface area contributed by atoms with Crippen molar-refractivity contribution in [2.24, 2.45) is 0 Å². The number of halogens is 1. The zero-order chi connectivity index (χ0) is 11.4. The molecule has 0 bridgehead atoms. The zero-order valence-electron chi connectivity index (χ0n) is 9.03. The summed E-state index contributed by atoms with van der Waals surface area (Å²) < 4.78 is 18.9. The van der Waals surface area contributed by atoms with Crippen molar-refractivity contribution < 1.29 is 8.81 Å². The fourth-order valence-corrected chi connectivity index (χ4v) is 1.44. The molecule has 3 nitrogen and oxygen atoms in total. The van der Waals surface area contributed by atoms with Crippen LogP contribution in [0.2, 0.25) is 0 Å². The summed E-state index contributed by atoms with van der Waals surface area (Å²) in [5.74, 6) is 0.802. The molecular weight excluding hydrogens is 207 g/mol. The predicted octanol–water partition coefficient (Wildman–Crippen LogP) is 2.24. The van der Waals surface area contributed by atoms with Gasteiger partial charge >= 0.3 is 0 Å². The lowest BCUT2D eigenvalue weighted by atomic mass is 10.2. The summed E-state index contributed by atoms with van der Waals surface area (Å²) >= 11 is 0. The molecular formula is C12H13FN2O. The van der Waals surface area contributed by atoms with Crippen LogP contribution in [0.15, 0.2) is 34.9 Å². The first kappa shape index (κ1) is 10.8. The van der Waals surface area contributed by atoms with Gasteiger partial charge in [-0.2, -0.15) is 0 Å². The van der Waals surface area contributed by atoms with Gasteiger partial charge in [0.15, 0.2) is 11.7 Å². The number of hydrogen-bond acceptors (Lipinski definition) is 3. The van der Waals surface area contributed by atoms with Gasteiger partial charge in [-0.1, -0.05) is 12.1 Å². The Balaban J connectivity index is 2.22. The molecule has 16 heavy (non-hydrogen) atoms. The summed E-state index contributed by atoms with van der Waals surface area (Å²) in [7, 11) is 1.86. The van der Waals surface area contributed by atoms with Crippen LogP contribution in [0.1, 0.15) is 5.89 Å². The standard InChI is InChI=1S/C12H13FN2O/c1-14-7-6-12-15-8-11(16-12)9-4-2-3-5-10(9)13/h2-5,8,14H,6-7H2,1H3. The van der Waals surface area contributed by atoms with Gasteiger partial charge in [0.25, 0.3) is 0 Å². The van der Waals surface area contributed by atoms with Crippen LogP contribution in [0.3, 0.4) is 0 Å². The molecule has 1 heterocycles. The van der Waals surface area contributed by atoms with E-state index in [1.54, 1.807) is 24.4 Å². The van der Waals surface area contributed by atoms with E-state index >= 15 is 0 Å². The van der Waals surface area contributed by atoms with Gasteiger partial charge in [0.2, 0.25) is 0 Å². The third-order valence-corrected chi connectivity index (χ3v) is 2.28. The SMILES string of the molecule is CNCCc1ncc(-c2ccccc2F)o1. The molecule has 0 radical (unpaired) electrons. The smallest absolute Gasteiger partial charge is 0.196 e. The van der Waals surface area contributed by atoms with Crippen molar-refractivity contribution in [2.45, 2.75) is 6.42 Å². The summed E-state index contributed by atoms with van der Waals surface area (Å²) in [6.07, 6.45) is 2.26. The van der Waals surface area contributed by atoms with E-state index < -0.39 is 0 Å². The number of benzene rings is 1. The highest BCUT2D eigenvalue weighted by molar-refractivity contribution is 5.56. The molecule has 0 atom stereocenters. The molecule has 0 aliphatic rings. The van der Waals surface area contributed by atoms with Crippen molar-refractivity contribution in [1.82, 2.24) is 10.3 Å². The molecule has 0 amide bonds. The Hall–Kier alpha value is -1.68. The van der Waals surface area contributed by atoms with Crippen molar-refractivity contribution in [1.29, 1.82) is 0 Å². The van der Waals surface area contributed by atoms with Crippen LogP contribution in [0.25, 0.3) is 11.3 Å². The second-order valence-corrected chi connectivity index (χ2v) is 3.45. The summed E-state index contributed by atoms with van der Waals surface area (Å²) in [5, 5.41) is 3.00. The van der Waals surface area contributed by atoms with E-state index in [2.05, 4.69) is 10.3 Å². The number of hydrogen-bond donors (Lipinski definition) is 1. The van der Waals surface area contributed by atoms with Crippen molar-refractivity contribution in [3.8, 4) is 11.3 Å². The molecule has 0 fully saturated rings. The molecule has 2 aromatic rings. The Morgan fingerprint density at radius 2 is 2.19 bits per heavy atom. The van der Waals surface area contributed by atoms with Crippen molar-refractivity contribution in [3.05, 3.63) is 42.2 Å². The van der Waals surface area contributed by atoms with Gasteiger partial charge in [0.1, 0.15) is 5.82 Å². The summed E-state index contributed by atoms with van der Waals surface area (Å²) in [6.45, 7) is 0.789. The van der Waals surface area contributed by atoms with Gasteiger partial charge in [0, 0.05) is 13.0 Å². The van der Waals surface area contributed by atoms with Crippen LogP contribution in [0, 0.1) is 5.82 Å². The van der Waals surface area contributed by atoms with Gasteiger partial charge in [0.05, 0.1) is 11.8 Å². The Bertz CT molecular complexity index is 468. The normalized spacial score (nSPS) is 10.6. The van der Waals surface area contributed by atoms with Crippen LogP contribution < -0.4 is 5.32 Å². The average molecular weight is 220 g/mol. The summed E-state index contributed by atoms with van der Waals surface area (Å²) in [4.78, 5) is 4.10. The van der Waals surface area contributed by atoms with Crippen LogP contribution in [-0.2, 0) is 6.42 Å². The molecule has 0 saturated carbocycles. The lowest BCUT2D eigenvalue weighted by molar-refractivity contribution is 0.497. The Labute approximate surface area is 93.3 Å². The van der Waals surface area contributed by atoms with E-state index in [0.717, 1.165) is 6.54 Å². The van der Waals surface area contributed by atoms with Crippen molar-refractivity contribution in [3.63, 3.8) is 0 Å². The van der Waals surface area contributed by atoms with Gasteiger partial charge in [-0.3, -0.25) is 0 Å². The minimum atomic E-state index is -0.293. The maximum atomic E-state index is 13.4. The molecule has 1 aromatic heterocycles. The Morgan fingerprint density at radius 3 is 2.94 bits per heavy atom. The van der Waals surface area contributed by atoms with E-state index in [-0.39, 0.29) is 5.82 Å². The quantitative estimate of drug-likeness (QED) is 0.858. The molecule has 0 unspecified atom stereocenters.